The summed E-state index contributed by atoms with van der Waals surface area (Å²) in [5, 5.41) is 4.12. The van der Waals surface area contributed by atoms with Gasteiger partial charge in [0.25, 0.3) is 15.9 Å². The van der Waals surface area contributed by atoms with E-state index in [2.05, 4.69) is 10.0 Å². The molecule has 0 saturated carbocycles. The minimum atomic E-state index is -3.70. The van der Waals surface area contributed by atoms with Crippen LogP contribution in [-0.2, 0) is 10.0 Å². The van der Waals surface area contributed by atoms with Gasteiger partial charge in [0.2, 0.25) is 0 Å². The molecule has 0 aliphatic carbocycles. The molecule has 0 saturated heterocycles. The summed E-state index contributed by atoms with van der Waals surface area (Å²) in [5.41, 5.74) is 2.36. The predicted molar refractivity (Wildman–Crippen MR) is 89.1 cm³/mol. The van der Waals surface area contributed by atoms with E-state index in [0.717, 1.165) is 22.5 Å². The Kier molecular flexibility index (Phi) is 4.87. The molecule has 2 rings (SSSR count). The van der Waals surface area contributed by atoms with Crippen LogP contribution in [0.15, 0.2) is 34.5 Å². The Hall–Kier alpha value is -1.86. The smallest absolute Gasteiger partial charge is 0.262 e. The molecule has 0 unspecified atom stereocenters. The SMILES string of the molecule is CCNC(=O)c1cc(S(=O)(=O)Nc2cc(C)ccc2C)cs1. The molecule has 2 aromatic rings. The molecular formula is C15H18N2O3S2. The van der Waals surface area contributed by atoms with Gasteiger partial charge in [-0.05, 0) is 44.0 Å². The monoisotopic (exact) mass is 338 g/mol. The molecule has 0 spiro atoms. The number of hydrogen-bond donors (Lipinski definition) is 2. The lowest BCUT2D eigenvalue weighted by Gasteiger charge is -2.10. The third-order valence-electron chi connectivity index (χ3n) is 3.08. The molecule has 1 amide bonds. The summed E-state index contributed by atoms with van der Waals surface area (Å²) in [6, 6.07) is 6.96. The summed E-state index contributed by atoms with van der Waals surface area (Å²) in [6.45, 7) is 6.05. The molecule has 7 heteroatoms. The van der Waals surface area contributed by atoms with Crippen molar-refractivity contribution >= 4 is 33.0 Å². The van der Waals surface area contributed by atoms with Gasteiger partial charge in [0, 0.05) is 11.9 Å². The molecule has 0 fully saturated rings. The normalized spacial score (nSPS) is 11.2. The second-order valence-corrected chi connectivity index (χ2v) is 7.52. The number of carbonyl (C=O) groups is 1. The van der Waals surface area contributed by atoms with E-state index in [-0.39, 0.29) is 10.8 Å². The van der Waals surface area contributed by atoms with Crippen molar-refractivity contribution in [3.05, 3.63) is 45.6 Å². The Bertz CT molecular complexity index is 795. The zero-order valence-corrected chi connectivity index (χ0v) is 14.3. The third-order valence-corrected chi connectivity index (χ3v) is 5.51. The van der Waals surface area contributed by atoms with Crippen molar-refractivity contribution in [1.82, 2.24) is 5.32 Å². The molecular weight excluding hydrogens is 320 g/mol. The van der Waals surface area contributed by atoms with E-state index in [4.69, 9.17) is 0 Å². The van der Waals surface area contributed by atoms with Gasteiger partial charge in [0.05, 0.1) is 15.5 Å². The van der Waals surface area contributed by atoms with Crippen LogP contribution in [-0.4, -0.2) is 20.9 Å². The van der Waals surface area contributed by atoms with Crippen LogP contribution in [0.5, 0.6) is 0 Å². The van der Waals surface area contributed by atoms with Crippen LogP contribution < -0.4 is 10.0 Å². The first-order chi connectivity index (χ1) is 10.3. The molecule has 2 N–H and O–H groups in total. The van der Waals surface area contributed by atoms with Crippen LogP contribution in [0.2, 0.25) is 0 Å². The fourth-order valence-electron chi connectivity index (χ4n) is 1.88. The van der Waals surface area contributed by atoms with Gasteiger partial charge in [-0.15, -0.1) is 11.3 Å². The van der Waals surface area contributed by atoms with Crippen molar-refractivity contribution in [1.29, 1.82) is 0 Å². The highest BCUT2D eigenvalue weighted by Gasteiger charge is 2.19. The summed E-state index contributed by atoms with van der Waals surface area (Å²) >= 11 is 1.11. The van der Waals surface area contributed by atoms with Gasteiger partial charge in [-0.2, -0.15) is 0 Å². The molecule has 0 aliphatic rings. The first-order valence-electron chi connectivity index (χ1n) is 6.80. The summed E-state index contributed by atoms with van der Waals surface area (Å²) < 4.78 is 27.4. The second-order valence-electron chi connectivity index (χ2n) is 4.93. The summed E-state index contributed by atoms with van der Waals surface area (Å²) in [6.07, 6.45) is 0. The van der Waals surface area contributed by atoms with Crippen molar-refractivity contribution in [2.75, 3.05) is 11.3 Å². The highest BCUT2D eigenvalue weighted by atomic mass is 32.2. The Morgan fingerprint density at radius 1 is 1.23 bits per heavy atom. The van der Waals surface area contributed by atoms with Gasteiger partial charge in [0.15, 0.2) is 0 Å². The van der Waals surface area contributed by atoms with Crippen LogP contribution in [0.25, 0.3) is 0 Å². The summed E-state index contributed by atoms with van der Waals surface area (Å²) in [5.74, 6) is -0.263. The topological polar surface area (TPSA) is 75.3 Å². The number of nitrogens with one attached hydrogen (secondary N) is 2. The van der Waals surface area contributed by atoms with Crippen molar-refractivity contribution in [2.45, 2.75) is 25.7 Å². The van der Waals surface area contributed by atoms with E-state index < -0.39 is 10.0 Å². The standard InChI is InChI=1S/C15H18N2O3S2/c1-4-16-15(18)14-8-12(9-21-14)22(19,20)17-13-7-10(2)5-6-11(13)3/h5-9,17H,4H2,1-3H3,(H,16,18). The first-order valence-corrected chi connectivity index (χ1v) is 9.16. The quantitative estimate of drug-likeness (QED) is 0.880. The molecule has 1 aromatic carbocycles. The highest BCUT2D eigenvalue weighted by molar-refractivity contribution is 7.92. The van der Waals surface area contributed by atoms with E-state index >= 15 is 0 Å². The second kappa shape index (κ2) is 6.50. The lowest BCUT2D eigenvalue weighted by atomic mass is 10.1. The van der Waals surface area contributed by atoms with Gasteiger partial charge in [-0.3, -0.25) is 9.52 Å². The average Bonchev–Trinajstić information content (AvgIpc) is 2.93. The molecule has 0 radical (unpaired) electrons. The van der Waals surface area contributed by atoms with Crippen molar-refractivity contribution < 1.29 is 13.2 Å². The van der Waals surface area contributed by atoms with Gasteiger partial charge >= 0.3 is 0 Å². The van der Waals surface area contributed by atoms with E-state index in [1.54, 1.807) is 6.07 Å². The Balaban J connectivity index is 2.27. The van der Waals surface area contributed by atoms with E-state index in [9.17, 15) is 13.2 Å². The molecule has 1 aromatic heterocycles. The van der Waals surface area contributed by atoms with Crippen molar-refractivity contribution in [2.24, 2.45) is 0 Å². The molecule has 0 aliphatic heterocycles. The van der Waals surface area contributed by atoms with Crippen LogP contribution in [0.3, 0.4) is 0 Å². The van der Waals surface area contributed by atoms with Crippen LogP contribution in [0, 0.1) is 13.8 Å². The van der Waals surface area contributed by atoms with Gasteiger partial charge in [0.1, 0.15) is 0 Å². The van der Waals surface area contributed by atoms with Crippen molar-refractivity contribution in [3.63, 3.8) is 0 Å². The molecule has 0 atom stereocenters. The number of hydrogen-bond acceptors (Lipinski definition) is 4. The largest absolute Gasteiger partial charge is 0.352 e. The molecule has 5 nitrogen and oxygen atoms in total. The summed E-state index contributed by atoms with van der Waals surface area (Å²) in [7, 11) is -3.70. The van der Waals surface area contributed by atoms with E-state index in [0.29, 0.717) is 17.1 Å². The number of aryl methyl sites for hydroxylation is 2. The van der Waals surface area contributed by atoms with Gasteiger partial charge in [-0.25, -0.2) is 8.42 Å². The zero-order valence-electron chi connectivity index (χ0n) is 12.6. The maximum absolute atomic E-state index is 12.4. The minimum absolute atomic E-state index is 0.0969. The van der Waals surface area contributed by atoms with Crippen molar-refractivity contribution in [3.8, 4) is 0 Å². The lowest BCUT2D eigenvalue weighted by molar-refractivity contribution is 0.0959. The Labute approximate surface area is 134 Å². The number of thiophene rings is 1. The maximum Gasteiger partial charge on any atom is 0.262 e. The van der Waals surface area contributed by atoms with Gasteiger partial charge < -0.3 is 5.32 Å². The van der Waals surface area contributed by atoms with E-state index in [1.165, 1.54) is 11.4 Å². The van der Waals surface area contributed by atoms with Crippen LogP contribution in [0.1, 0.15) is 27.7 Å². The highest BCUT2D eigenvalue weighted by Crippen LogP contribution is 2.24. The van der Waals surface area contributed by atoms with E-state index in [1.807, 2.05) is 32.9 Å². The number of amides is 1. The van der Waals surface area contributed by atoms with Crippen LogP contribution in [0.4, 0.5) is 5.69 Å². The zero-order chi connectivity index (χ0) is 16.3. The number of carbonyl (C=O) groups excluding carboxylic acids is 1. The molecule has 0 bridgehead atoms. The number of benzene rings is 1. The lowest BCUT2D eigenvalue weighted by Crippen LogP contribution is -2.21. The maximum atomic E-state index is 12.4. The summed E-state index contributed by atoms with van der Waals surface area (Å²) in [4.78, 5) is 12.2. The predicted octanol–water partition coefficient (Wildman–Crippen LogP) is 2.92. The Morgan fingerprint density at radius 3 is 2.64 bits per heavy atom. The van der Waals surface area contributed by atoms with Gasteiger partial charge in [-0.1, -0.05) is 12.1 Å². The first kappa shape index (κ1) is 16.5. The number of anilines is 1. The number of sulfonamides is 1. The Morgan fingerprint density at radius 2 is 1.95 bits per heavy atom. The average molecular weight is 338 g/mol. The molecule has 118 valence electrons. The fraction of sp³-hybridized carbons (Fsp3) is 0.267. The molecule has 22 heavy (non-hydrogen) atoms. The molecule has 1 heterocycles. The minimum Gasteiger partial charge on any atom is -0.352 e. The van der Waals surface area contributed by atoms with Crippen LogP contribution >= 0.6 is 11.3 Å². The fourth-order valence-corrected chi connectivity index (χ4v) is 4.19. The number of rotatable bonds is 5. The third kappa shape index (κ3) is 3.66.